The van der Waals surface area contributed by atoms with Crippen molar-refractivity contribution < 1.29 is 37.9 Å². The Kier molecular flexibility index (Phi) is 17.7. The van der Waals surface area contributed by atoms with Gasteiger partial charge in [-0.15, -0.1) is 0 Å². The van der Waals surface area contributed by atoms with Gasteiger partial charge in [-0.2, -0.15) is 0 Å². The van der Waals surface area contributed by atoms with E-state index in [4.69, 9.17) is 37.9 Å². The second kappa shape index (κ2) is 28.3. The minimum Gasteiger partial charge on any atom is -0.497 e. The fourth-order valence-corrected chi connectivity index (χ4v) is 17.7. The van der Waals surface area contributed by atoms with Crippen molar-refractivity contribution in [3.63, 3.8) is 0 Å². The molecule has 0 aromatic heterocycles. The van der Waals surface area contributed by atoms with Crippen molar-refractivity contribution in [2.45, 2.75) is 24.7 Å². The molecule has 2 aliphatic carbocycles. The highest BCUT2D eigenvalue weighted by Crippen LogP contribution is 2.71. The highest BCUT2D eigenvalue weighted by molar-refractivity contribution is 6.21. The topological polar surface area (TPSA) is 86.8 Å². The number of nitrogens with zero attached hydrogens (tertiary/aromatic N) is 4. The van der Waals surface area contributed by atoms with Gasteiger partial charge in [0.15, 0.2) is 0 Å². The van der Waals surface area contributed by atoms with Crippen molar-refractivity contribution in [1.29, 1.82) is 0 Å². The zero-order valence-corrected chi connectivity index (χ0v) is 64.1. The lowest BCUT2D eigenvalue weighted by Crippen LogP contribution is -2.44. The molecular weight excluding hydrogens is 1390 g/mol. The Morgan fingerprint density at radius 3 is 0.446 bits per heavy atom. The van der Waals surface area contributed by atoms with E-state index in [0.717, 1.165) is 202 Å². The smallest absolute Gasteiger partial charge is 0.119 e. The molecule has 2 aliphatic rings. The average Bonchev–Trinajstić information content (AvgIpc) is 1.48. The fourth-order valence-electron chi connectivity index (χ4n) is 17.7. The maximum absolute atomic E-state index is 5.91. The molecule has 112 heavy (non-hydrogen) atoms. The van der Waals surface area contributed by atoms with E-state index in [1.54, 1.807) is 56.9 Å². The van der Waals surface area contributed by atoms with E-state index in [1.807, 2.05) is 97.1 Å². The third-order valence-corrected chi connectivity index (χ3v) is 23.4. The minimum atomic E-state index is -1.07. The summed E-state index contributed by atoms with van der Waals surface area (Å²) in [6.07, 6.45) is 0. The summed E-state index contributed by atoms with van der Waals surface area (Å²) in [4.78, 5) is 9.62. The zero-order chi connectivity index (χ0) is 76.5. The maximum Gasteiger partial charge on any atom is 0.119 e. The quantitative estimate of drug-likeness (QED) is 0.0687. The first-order chi connectivity index (χ1) is 54.9. The molecule has 0 amide bonds. The maximum atomic E-state index is 5.91. The zero-order valence-electron chi connectivity index (χ0n) is 64.1. The highest BCUT2D eigenvalue weighted by Gasteiger charge is 2.60. The molecule has 0 fully saturated rings. The van der Waals surface area contributed by atoms with Crippen LogP contribution in [-0.4, -0.2) is 56.9 Å². The Bertz CT molecular complexity index is 5300. The van der Waals surface area contributed by atoms with Crippen LogP contribution in [0.4, 0.5) is 68.2 Å². The minimum absolute atomic E-state index is 0.752. The third kappa shape index (κ3) is 11.2. The second-order valence-electron chi connectivity index (χ2n) is 28.6. The van der Waals surface area contributed by atoms with Gasteiger partial charge in [-0.05, 0) is 284 Å². The van der Waals surface area contributed by atoms with Crippen LogP contribution in [0.2, 0.25) is 0 Å². The van der Waals surface area contributed by atoms with Crippen LogP contribution in [-0.2, 0) is 10.8 Å². The summed E-state index contributed by atoms with van der Waals surface area (Å²) in [5, 5.41) is 8.67. The Hall–Kier alpha value is -13.8. The van der Waals surface area contributed by atoms with E-state index in [0.29, 0.717) is 0 Å². The molecule has 0 aliphatic heterocycles. The summed E-state index contributed by atoms with van der Waals surface area (Å²) < 4.78 is 47.3. The van der Waals surface area contributed by atoms with Gasteiger partial charge in [-0.1, -0.05) is 111 Å². The van der Waals surface area contributed by atoms with Crippen molar-refractivity contribution in [2.24, 2.45) is 0 Å². The van der Waals surface area contributed by atoms with E-state index in [1.165, 1.54) is 0 Å². The summed E-state index contributed by atoms with van der Waals surface area (Å²) in [7, 11) is 13.7. The Morgan fingerprint density at radius 2 is 0.312 bits per heavy atom. The van der Waals surface area contributed by atoms with Crippen molar-refractivity contribution in [3.8, 4) is 68.2 Å². The Morgan fingerprint density at radius 1 is 0.179 bits per heavy atom. The van der Waals surface area contributed by atoms with E-state index >= 15 is 0 Å². The second-order valence-corrected chi connectivity index (χ2v) is 28.6. The molecule has 0 heterocycles. The van der Waals surface area contributed by atoms with Gasteiger partial charge in [-0.25, -0.2) is 0 Å². The molecule has 0 saturated carbocycles. The molecule has 12 nitrogen and oxygen atoms in total. The molecule has 0 saturated heterocycles. The summed E-state index contributed by atoms with van der Waals surface area (Å²) in [5.74, 6) is 6.01. The molecular formula is C100H82N4O8. The first-order valence-electron chi connectivity index (χ1n) is 37.5. The van der Waals surface area contributed by atoms with Gasteiger partial charge in [0.2, 0.25) is 0 Å². The summed E-state index contributed by atoms with van der Waals surface area (Å²) in [6, 6.07) is 114. The standard InChI is InChI=1S/C100H82N4O8/c1-99(87-59-91(101(63-27-43-71(105-3)44-28-63)64-29-45-72(106-4)46-30-64)79-19-11-15-23-83(79)95(87)96-84-24-16-12-20-80(84)92(60-88(96)99)102(65-31-47-73(107-5)48-32-65)66-33-49-74(108-6)50-34-66)100(2)89-61-93(103(67-35-51-75(109-7)52-36-67)68-37-53-76(110-8)54-38-68)81-21-13-17-25-85(81)97(89)98-86-26-18-14-22-82(86)94(62-90(98)100)104(69-39-55-77(111-9)56-40-69)70-41-57-78(112-10)58-42-70/h11-62H,1-10H3. The van der Waals surface area contributed by atoms with Gasteiger partial charge in [0.25, 0.3) is 0 Å². The van der Waals surface area contributed by atoms with Crippen LogP contribution in [0, 0.1) is 0 Å². The first kappa shape index (κ1) is 69.9. The van der Waals surface area contributed by atoms with Crippen LogP contribution in [0.5, 0.6) is 46.0 Å². The number of hydrogen-bond donors (Lipinski definition) is 0. The van der Waals surface area contributed by atoms with Gasteiger partial charge >= 0.3 is 0 Å². The first-order valence-corrected chi connectivity index (χ1v) is 37.5. The number of hydrogen-bond acceptors (Lipinski definition) is 12. The van der Waals surface area contributed by atoms with Crippen LogP contribution in [0.3, 0.4) is 0 Å². The lowest BCUT2D eigenvalue weighted by Gasteiger charge is -2.46. The molecule has 0 N–H and O–H groups in total. The van der Waals surface area contributed by atoms with Crippen LogP contribution in [0.15, 0.2) is 315 Å². The van der Waals surface area contributed by atoms with Crippen LogP contribution >= 0.6 is 0 Å². The number of ether oxygens (including phenoxy) is 8. The van der Waals surface area contributed by atoms with Gasteiger partial charge < -0.3 is 57.5 Å². The average molecular weight is 1470 g/mol. The van der Waals surface area contributed by atoms with Gasteiger partial charge in [0.1, 0.15) is 46.0 Å². The predicted molar refractivity (Wildman–Crippen MR) is 458 cm³/mol. The molecule has 0 bridgehead atoms. The Balaban J connectivity index is 1.05. The molecule has 0 radical (unpaired) electrons. The molecule has 12 heteroatoms. The summed E-state index contributed by atoms with van der Waals surface area (Å²) in [5.41, 5.74) is 18.5. The van der Waals surface area contributed by atoms with E-state index in [-0.39, 0.29) is 0 Å². The number of benzene rings is 16. The van der Waals surface area contributed by atoms with Gasteiger partial charge in [0.05, 0.1) is 79.6 Å². The molecule has 0 atom stereocenters. The molecule has 16 aromatic rings. The largest absolute Gasteiger partial charge is 0.497 e. The van der Waals surface area contributed by atoms with Crippen molar-refractivity contribution in [3.05, 3.63) is 338 Å². The third-order valence-electron chi connectivity index (χ3n) is 23.4. The lowest BCUT2D eigenvalue weighted by atomic mass is 9.56. The monoisotopic (exact) mass is 1470 g/mol. The van der Waals surface area contributed by atoms with Crippen LogP contribution in [0.25, 0.3) is 65.3 Å². The van der Waals surface area contributed by atoms with Crippen molar-refractivity contribution >= 4 is 111 Å². The van der Waals surface area contributed by atoms with Crippen molar-refractivity contribution in [1.82, 2.24) is 0 Å². The van der Waals surface area contributed by atoms with Gasteiger partial charge in [-0.3, -0.25) is 0 Å². The normalized spacial score (nSPS) is 12.7. The highest BCUT2D eigenvalue weighted by atomic mass is 16.5. The molecule has 0 unspecified atom stereocenters. The molecule has 0 spiro atoms. The number of rotatable bonds is 21. The number of anilines is 12. The fraction of sp³-hybridized carbons (Fsp3) is 0.120. The summed E-state index contributed by atoms with van der Waals surface area (Å²) >= 11 is 0. The predicted octanol–water partition coefficient (Wildman–Crippen LogP) is 25.5. The van der Waals surface area contributed by atoms with E-state index in [9.17, 15) is 0 Å². The number of fused-ring (bicyclic) bond motifs is 14. The van der Waals surface area contributed by atoms with Crippen LogP contribution < -0.4 is 57.5 Å². The Labute approximate surface area is 652 Å². The summed E-state index contributed by atoms with van der Waals surface area (Å²) in [6.45, 7) is 5.12. The SMILES string of the molecule is COc1ccc(N(c2ccc(OC)cc2)c2cc3c(c4ccccc24)-c2c(cc(N(c4ccc(OC)cc4)c4ccc(OC)cc4)c4ccccc24)C3(C)C2(C)c3cc(N(c4ccc(OC)cc4)c4ccc(OC)cc4)c4ccccc4c3-c3c2cc(N(c2ccc(OC)cc2)c2ccc(OC)cc2)c2ccccc32)cc1. The number of methoxy groups -OCH3 is 8. The van der Waals surface area contributed by atoms with E-state index in [2.05, 4.69) is 252 Å². The molecule has 550 valence electrons. The molecule has 18 rings (SSSR count). The van der Waals surface area contributed by atoms with Crippen molar-refractivity contribution in [2.75, 3.05) is 76.5 Å². The molecule has 16 aromatic carbocycles. The van der Waals surface area contributed by atoms with Gasteiger partial charge in [0, 0.05) is 77.9 Å². The van der Waals surface area contributed by atoms with E-state index < -0.39 is 10.8 Å². The van der Waals surface area contributed by atoms with Crippen LogP contribution in [0.1, 0.15) is 36.1 Å². The lowest BCUT2D eigenvalue weighted by molar-refractivity contribution is 0.377.